The van der Waals surface area contributed by atoms with Gasteiger partial charge < -0.3 is 15.4 Å². The van der Waals surface area contributed by atoms with E-state index in [1.165, 1.54) is 29.7 Å². The third kappa shape index (κ3) is 3.30. The molecule has 0 radical (unpaired) electrons. The van der Waals surface area contributed by atoms with Crippen molar-refractivity contribution in [1.29, 1.82) is 0 Å². The number of hydrogen-bond donors (Lipinski definition) is 3. The normalized spacial score (nSPS) is 13.8. The Morgan fingerprint density at radius 1 is 1.53 bits per heavy atom. The summed E-state index contributed by atoms with van der Waals surface area (Å²) in [7, 11) is 0. The quantitative estimate of drug-likeness (QED) is 0.782. The molecule has 100 valence electrons. The second kappa shape index (κ2) is 5.38. The fourth-order valence-electron chi connectivity index (χ4n) is 1.61. The first-order valence-corrected chi connectivity index (χ1v) is 6.65. The minimum atomic E-state index is -1.13. The lowest BCUT2D eigenvalue weighted by Crippen LogP contribution is -2.38. The predicted molar refractivity (Wildman–Crippen MR) is 73.3 cm³/mol. The summed E-state index contributed by atoms with van der Waals surface area (Å²) in [6, 6.07) is 4.54. The predicted octanol–water partition coefficient (Wildman–Crippen LogP) is 1.07. The summed E-state index contributed by atoms with van der Waals surface area (Å²) in [5.74, 6) is -0.387. The Morgan fingerprint density at radius 2 is 2.32 bits per heavy atom. The van der Waals surface area contributed by atoms with Crippen LogP contribution < -0.4 is 10.9 Å². The van der Waals surface area contributed by atoms with Gasteiger partial charge in [0, 0.05) is 17.8 Å². The lowest BCUT2D eigenvalue weighted by molar-refractivity contribution is 0.0530. The molecule has 0 aromatic carbocycles. The minimum Gasteiger partial charge on any atom is -0.384 e. The van der Waals surface area contributed by atoms with E-state index < -0.39 is 5.60 Å². The maximum atomic E-state index is 11.8. The van der Waals surface area contributed by atoms with Crippen molar-refractivity contribution in [2.24, 2.45) is 0 Å². The van der Waals surface area contributed by atoms with Gasteiger partial charge in [0.1, 0.15) is 5.60 Å². The topological polar surface area (TPSA) is 82.2 Å². The van der Waals surface area contributed by atoms with Gasteiger partial charge in [-0.05, 0) is 35.4 Å². The molecule has 1 atom stereocenters. The number of aliphatic hydroxyl groups is 1. The molecule has 19 heavy (non-hydrogen) atoms. The highest BCUT2D eigenvalue weighted by Crippen LogP contribution is 2.22. The van der Waals surface area contributed by atoms with Crippen LogP contribution in [0.4, 0.5) is 0 Å². The maximum absolute atomic E-state index is 11.8. The van der Waals surface area contributed by atoms with E-state index in [4.69, 9.17) is 0 Å². The first-order chi connectivity index (χ1) is 8.99. The highest BCUT2D eigenvalue weighted by atomic mass is 32.1. The van der Waals surface area contributed by atoms with Crippen LogP contribution >= 0.6 is 11.3 Å². The number of amides is 1. The molecule has 1 unspecified atom stereocenters. The lowest BCUT2D eigenvalue weighted by Gasteiger charge is -2.22. The standard InChI is InChI=1S/C13H14N2O3S/c1-13(18,10-3-5-19-7-10)8-15-12(17)9-2-4-14-11(16)6-9/h2-7,18H,8H2,1H3,(H,14,16)(H,15,17). The zero-order valence-electron chi connectivity index (χ0n) is 10.3. The van der Waals surface area contributed by atoms with Gasteiger partial charge in [0.15, 0.2) is 0 Å². The Kier molecular flexibility index (Phi) is 3.82. The van der Waals surface area contributed by atoms with E-state index in [1.807, 2.05) is 16.8 Å². The molecule has 0 aliphatic rings. The molecule has 2 aromatic rings. The van der Waals surface area contributed by atoms with Gasteiger partial charge in [-0.15, -0.1) is 0 Å². The largest absolute Gasteiger partial charge is 0.384 e. The molecule has 0 bridgehead atoms. The Bertz CT molecular complexity index is 617. The zero-order valence-corrected chi connectivity index (χ0v) is 11.2. The Balaban J connectivity index is 2.03. The van der Waals surface area contributed by atoms with Gasteiger partial charge in [-0.3, -0.25) is 9.59 Å². The molecular formula is C13H14N2O3S. The number of carbonyl (C=O) groups is 1. The minimum absolute atomic E-state index is 0.0787. The van der Waals surface area contributed by atoms with Gasteiger partial charge in [0.2, 0.25) is 5.56 Å². The third-order valence-corrected chi connectivity index (χ3v) is 3.46. The van der Waals surface area contributed by atoms with Crippen LogP contribution in [-0.2, 0) is 5.60 Å². The van der Waals surface area contributed by atoms with Crippen LogP contribution in [0.2, 0.25) is 0 Å². The Labute approximate surface area is 113 Å². The maximum Gasteiger partial charge on any atom is 0.251 e. The molecule has 0 aliphatic heterocycles. The van der Waals surface area contributed by atoms with Crippen LogP contribution in [0, 0.1) is 0 Å². The Morgan fingerprint density at radius 3 is 2.95 bits per heavy atom. The van der Waals surface area contributed by atoms with E-state index >= 15 is 0 Å². The van der Waals surface area contributed by atoms with Gasteiger partial charge in [0.05, 0.1) is 6.54 Å². The van der Waals surface area contributed by atoms with Crippen molar-refractivity contribution in [1.82, 2.24) is 10.3 Å². The van der Waals surface area contributed by atoms with Crippen molar-refractivity contribution in [2.45, 2.75) is 12.5 Å². The average molecular weight is 278 g/mol. The van der Waals surface area contributed by atoms with Gasteiger partial charge in [-0.25, -0.2) is 0 Å². The fourth-order valence-corrected chi connectivity index (χ4v) is 2.40. The molecule has 0 saturated heterocycles. The molecule has 6 heteroatoms. The van der Waals surface area contributed by atoms with Crippen LogP contribution in [0.5, 0.6) is 0 Å². The summed E-state index contributed by atoms with van der Waals surface area (Å²) in [6.45, 7) is 1.71. The number of nitrogens with one attached hydrogen (secondary N) is 2. The summed E-state index contributed by atoms with van der Waals surface area (Å²) >= 11 is 1.48. The van der Waals surface area contributed by atoms with Crippen molar-refractivity contribution in [2.75, 3.05) is 6.54 Å². The molecule has 0 aliphatic carbocycles. The zero-order chi connectivity index (χ0) is 13.9. The Hall–Kier alpha value is -1.92. The summed E-state index contributed by atoms with van der Waals surface area (Å²) in [6.07, 6.45) is 1.41. The highest BCUT2D eigenvalue weighted by molar-refractivity contribution is 7.08. The lowest BCUT2D eigenvalue weighted by atomic mass is 9.99. The average Bonchev–Trinajstić information content (AvgIpc) is 2.90. The van der Waals surface area contributed by atoms with Gasteiger partial charge in [-0.2, -0.15) is 11.3 Å². The van der Waals surface area contributed by atoms with Crippen molar-refractivity contribution >= 4 is 17.2 Å². The SMILES string of the molecule is CC(O)(CNC(=O)c1cc[nH]c(=O)c1)c1ccsc1. The molecule has 2 aromatic heterocycles. The summed E-state index contributed by atoms with van der Waals surface area (Å²) in [4.78, 5) is 25.4. The fraction of sp³-hybridized carbons (Fsp3) is 0.231. The molecule has 5 nitrogen and oxygen atoms in total. The third-order valence-electron chi connectivity index (χ3n) is 2.77. The number of carbonyl (C=O) groups excluding carboxylic acids is 1. The number of aromatic nitrogens is 1. The van der Waals surface area contributed by atoms with E-state index in [1.54, 1.807) is 6.92 Å². The van der Waals surface area contributed by atoms with Gasteiger partial charge in [-0.1, -0.05) is 0 Å². The number of rotatable bonds is 4. The molecule has 3 N–H and O–H groups in total. The molecule has 1 amide bonds. The van der Waals surface area contributed by atoms with Gasteiger partial charge in [0.25, 0.3) is 5.91 Å². The van der Waals surface area contributed by atoms with E-state index in [9.17, 15) is 14.7 Å². The molecule has 0 spiro atoms. The van der Waals surface area contributed by atoms with Crippen molar-refractivity contribution in [3.05, 3.63) is 56.6 Å². The smallest absolute Gasteiger partial charge is 0.251 e. The van der Waals surface area contributed by atoms with Crippen molar-refractivity contribution < 1.29 is 9.90 Å². The van der Waals surface area contributed by atoms with Crippen molar-refractivity contribution in [3.8, 4) is 0 Å². The molecule has 2 heterocycles. The van der Waals surface area contributed by atoms with Crippen LogP contribution in [0.3, 0.4) is 0 Å². The van der Waals surface area contributed by atoms with Crippen molar-refractivity contribution in [3.63, 3.8) is 0 Å². The van der Waals surface area contributed by atoms with Crippen LogP contribution in [-0.4, -0.2) is 22.5 Å². The summed E-state index contributed by atoms with van der Waals surface area (Å²) < 4.78 is 0. The number of hydrogen-bond acceptors (Lipinski definition) is 4. The van der Waals surface area contributed by atoms with Gasteiger partial charge >= 0.3 is 0 Å². The van der Waals surface area contributed by atoms with E-state index in [2.05, 4.69) is 10.3 Å². The second-order valence-electron chi connectivity index (χ2n) is 4.41. The summed E-state index contributed by atoms with van der Waals surface area (Å²) in [5.41, 5.74) is -0.442. The first-order valence-electron chi connectivity index (χ1n) is 5.71. The monoisotopic (exact) mass is 278 g/mol. The molecular weight excluding hydrogens is 264 g/mol. The number of pyridine rings is 1. The second-order valence-corrected chi connectivity index (χ2v) is 5.19. The van der Waals surface area contributed by atoms with E-state index in [0.29, 0.717) is 0 Å². The molecule has 2 rings (SSSR count). The number of H-pyrrole nitrogens is 1. The van der Waals surface area contributed by atoms with Crippen LogP contribution in [0.25, 0.3) is 0 Å². The van der Waals surface area contributed by atoms with E-state index in [0.717, 1.165) is 5.56 Å². The molecule has 0 saturated carbocycles. The first kappa shape index (κ1) is 13.5. The highest BCUT2D eigenvalue weighted by Gasteiger charge is 2.24. The van der Waals surface area contributed by atoms with E-state index in [-0.39, 0.29) is 23.6 Å². The molecule has 0 fully saturated rings. The number of thiophene rings is 1. The van der Waals surface area contributed by atoms with Crippen LogP contribution in [0.1, 0.15) is 22.8 Å². The number of aromatic amines is 1. The van der Waals surface area contributed by atoms with Crippen LogP contribution in [0.15, 0.2) is 40.0 Å². The summed E-state index contributed by atoms with van der Waals surface area (Å²) in [5, 5.41) is 16.6.